The molecule has 3 rings (SSSR count). The molecule has 18 heavy (non-hydrogen) atoms. The lowest BCUT2D eigenvalue weighted by Gasteiger charge is -2.03. The van der Waals surface area contributed by atoms with Gasteiger partial charge in [-0.2, -0.15) is 0 Å². The van der Waals surface area contributed by atoms with Gasteiger partial charge in [0.05, 0.1) is 11.6 Å². The monoisotopic (exact) mass is 279 g/mol. The second-order valence-electron chi connectivity index (χ2n) is 4.37. The second-order valence-corrected chi connectivity index (χ2v) is 5.64. The number of rotatable bonds is 4. The van der Waals surface area contributed by atoms with Gasteiger partial charge in [-0.1, -0.05) is 18.2 Å². The van der Waals surface area contributed by atoms with Crippen molar-refractivity contribution >= 4 is 22.9 Å². The van der Waals surface area contributed by atoms with Crippen LogP contribution in [-0.4, -0.2) is 17.5 Å². The van der Waals surface area contributed by atoms with Gasteiger partial charge in [-0.25, -0.2) is 4.98 Å². The average Bonchev–Trinajstić information content (AvgIpc) is 3.02. The summed E-state index contributed by atoms with van der Waals surface area (Å²) in [4.78, 5) is 4.71. The van der Waals surface area contributed by atoms with Crippen molar-refractivity contribution in [3.05, 3.63) is 45.9 Å². The van der Waals surface area contributed by atoms with Crippen LogP contribution in [0.1, 0.15) is 28.6 Å². The lowest BCUT2D eigenvalue weighted by atomic mass is 10.0. The van der Waals surface area contributed by atoms with Crippen molar-refractivity contribution in [3.8, 4) is 5.75 Å². The van der Waals surface area contributed by atoms with Gasteiger partial charge >= 0.3 is 0 Å². The van der Waals surface area contributed by atoms with Crippen LogP contribution >= 0.6 is 22.9 Å². The first-order valence-electron chi connectivity index (χ1n) is 6.10. The van der Waals surface area contributed by atoms with E-state index in [1.165, 1.54) is 5.56 Å². The fourth-order valence-electron chi connectivity index (χ4n) is 2.21. The van der Waals surface area contributed by atoms with Crippen molar-refractivity contribution in [3.63, 3.8) is 0 Å². The number of benzene rings is 1. The molecule has 1 aromatic heterocycles. The van der Waals surface area contributed by atoms with Crippen LogP contribution in [-0.2, 0) is 6.42 Å². The third kappa shape index (κ3) is 2.25. The fraction of sp³-hybridized carbons (Fsp3) is 0.357. The highest BCUT2D eigenvalue weighted by molar-refractivity contribution is 7.09. The van der Waals surface area contributed by atoms with Crippen molar-refractivity contribution in [2.45, 2.75) is 18.8 Å². The standard InChI is InChI=1S/C14H14ClNOS/c15-7-3-4-10-9-18-14(16-10)12-8-17-13-6-2-1-5-11(12)13/h1-2,5-6,9,12H,3-4,7-8H2. The number of aromatic nitrogens is 1. The molecule has 1 atom stereocenters. The van der Waals surface area contributed by atoms with Crippen LogP contribution in [0.5, 0.6) is 5.75 Å². The largest absolute Gasteiger partial charge is 0.492 e. The summed E-state index contributed by atoms with van der Waals surface area (Å²) in [6, 6.07) is 8.22. The van der Waals surface area contributed by atoms with Crippen molar-refractivity contribution in [2.24, 2.45) is 0 Å². The van der Waals surface area contributed by atoms with E-state index in [0.717, 1.165) is 29.3 Å². The van der Waals surface area contributed by atoms with Crippen LogP contribution in [0.15, 0.2) is 29.6 Å². The highest BCUT2D eigenvalue weighted by Gasteiger charge is 2.27. The van der Waals surface area contributed by atoms with Gasteiger partial charge in [-0.15, -0.1) is 22.9 Å². The van der Waals surface area contributed by atoms with E-state index in [2.05, 4.69) is 17.5 Å². The summed E-state index contributed by atoms with van der Waals surface area (Å²) < 4.78 is 5.70. The Balaban J connectivity index is 1.82. The van der Waals surface area contributed by atoms with E-state index in [9.17, 15) is 0 Å². The van der Waals surface area contributed by atoms with Crippen molar-refractivity contribution in [1.82, 2.24) is 4.98 Å². The highest BCUT2D eigenvalue weighted by atomic mass is 35.5. The molecule has 1 aromatic carbocycles. The topological polar surface area (TPSA) is 22.1 Å². The van der Waals surface area contributed by atoms with Crippen LogP contribution in [0.2, 0.25) is 0 Å². The summed E-state index contributed by atoms with van der Waals surface area (Å²) in [5.74, 6) is 2.00. The third-order valence-electron chi connectivity index (χ3n) is 3.13. The molecular weight excluding hydrogens is 266 g/mol. The molecule has 94 valence electrons. The number of aryl methyl sites for hydroxylation is 1. The van der Waals surface area contributed by atoms with Crippen LogP contribution in [0.3, 0.4) is 0 Å². The Morgan fingerprint density at radius 2 is 2.28 bits per heavy atom. The molecule has 2 heterocycles. The molecule has 4 heteroatoms. The van der Waals surface area contributed by atoms with Gasteiger partial charge < -0.3 is 4.74 Å². The summed E-state index contributed by atoms with van der Waals surface area (Å²) in [6.07, 6.45) is 1.96. The average molecular weight is 280 g/mol. The lowest BCUT2D eigenvalue weighted by molar-refractivity contribution is 0.343. The van der Waals surface area contributed by atoms with E-state index in [0.29, 0.717) is 18.4 Å². The maximum atomic E-state index is 5.71. The smallest absolute Gasteiger partial charge is 0.123 e. The summed E-state index contributed by atoms with van der Waals surface area (Å²) in [7, 11) is 0. The minimum atomic E-state index is 0.302. The SMILES string of the molecule is ClCCCc1csc(C2COc3ccccc32)n1. The molecule has 0 aliphatic carbocycles. The molecule has 1 aliphatic heterocycles. The number of alkyl halides is 1. The summed E-state index contributed by atoms with van der Waals surface area (Å²) in [5, 5.41) is 3.30. The summed E-state index contributed by atoms with van der Waals surface area (Å²) >= 11 is 7.43. The number of ether oxygens (including phenoxy) is 1. The maximum absolute atomic E-state index is 5.71. The minimum Gasteiger partial charge on any atom is -0.492 e. The Hall–Kier alpha value is -1.06. The van der Waals surface area contributed by atoms with Crippen molar-refractivity contribution in [2.75, 3.05) is 12.5 Å². The molecule has 1 aliphatic rings. The third-order valence-corrected chi connectivity index (χ3v) is 4.41. The number of fused-ring (bicyclic) bond motifs is 1. The Morgan fingerprint density at radius 3 is 3.17 bits per heavy atom. The number of thiazole rings is 1. The lowest BCUT2D eigenvalue weighted by Crippen LogP contribution is -2.02. The van der Waals surface area contributed by atoms with Gasteiger partial charge in [0.2, 0.25) is 0 Å². The second kappa shape index (κ2) is 5.29. The Morgan fingerprint density at radius 1 is 1.39 bits per heavy atom. The van der Waals surface area contributed by atoms with Crippen LogP contribution < -0.4 is 4.74 Å². The molecule has 2 aromatic rings. The molecule has 0 bridgehead atoms. The van der Waals surface area contributed by atoms with E-state index >= 15 is 0 Å². The van der Waals surface area contributed by atoms with Crippen LogP contribution in [0.4, 0.5) is 0 Å². The Kier molecular flexibility index (Phi) is 3.52. The van der Waals surface area contributed by atoms with E-state index < -0.39 is 0 Å². The first kappa shape index (κ1) is 12.0. The molecule has 0 fully saturated rings. The molecule has 0 saturated heterocycles. The van der Waals surface area contributed by atoms with E-state index in [1.54, 1.807) is 11.3 Å². The minimum absolute atomic E-state index is 0.302. The predicted molar refractivity (Wildman–Crippen MR) is 74.9 cm³/mol. The number of nitrogens with zero attached hydrogens (tertiary/aromatic N) is 1. The van der Waals surface area contributed by atoms with Gasteiger partial charge in [0.1, 0.15) is 17.4 Å². The van der Waals surface area contributed by atoms with Gasteiger partial charge in [-0.3, -0.25) is 0 Å². The molecule has 2 nitrogen and oxygen atoms in total. The molecule has 0 spiro atoms. The molecule has 0 amide bonds. The van der Waals surface area contributed by atoms with Crippen LogP contribution in [0.25, 0.3) is 0 Å². The number of hydrogen-bond acceptors (Lipinski definition) is 3. The zero-order valence-electron chi connectivity index (χ0n) is 9.93. The molecule has 0 radical (unpaired) electrons. The van der Waals surface area contributed by atoms with E-state index in [1.807, 2.05) is 12.1 Å². The molecule has 0 N–H and O–H groups in total. The summed E-state index contributed by atoms with van der Waals surface area (Å²) in [6.45, 7) is 0.710. The Labute approximate surface area is 116 Å². The molecule has 0 saturated carbocycles. The summed E-state index contributed by atoms with van der Waals surface area (Å²) in [5.41, 5.74) is 2.41. The fourth-order valence-corrected chi connectivity index (χ4v) is 3.30. The van der Waals surface area contributed by atoms with Crippen molar-refractivity contribution in [1.29, 1.82) is 0 Å². The number of halogens is 1. The zero-order chi connectivity index (χ0) is 12.4. The number of para-hydroxylation sites is 1. The van der Waals surface area contributed by atoms with E-state index in [-0.39, 0.29) is 0 Å². The molecule has 1 unspecified atom stereocenters. The van der Waals surface area contributed by atoms with Gasteiger partial charge in [0.15, 0.2) is 0 Å². The maximum Gasteiger partial charge on any atom is 0.123 e. The first-order chi connectivity index (χ1) is 8.88. The number of hydrogen-bond donors (Lipinski definition) is 0. The normalized spacial score (nSPS) is 17.5. The van der Waals surface area contributed by atoms with Crippen molar-refractivity contribution < 1.29 is 4.74 Å². The van der Waals surface area contributed by atoms with Crippen LogP contribution in [0, 0.1) is 0 Å². The highest BCUT2D eigenvalue weighted by Crippen LogP contribution is 2.38. The van der Waals surface area contributed by atoms with E-state index in [4.69, 9.17) is 21.3 Å². The molecular formula is C14H14ClNOS. The predicted octanol–water partition coefficient (Wildman–Crippen LogP) is 3.84. The van der Waals surface area contributed by atoms with Gasteiger partial charge in [-0.05, 0) is 18.9 Å². The zero-order valence-corrected chi connectivity index (χ0v) is 11.5. The Bertz CT molecular complexity index is 540. The first-order valence-corrected chi connectivity index (χ1v) is 7.52. The van der Waals surface area contributed by atoms with Gasteiger partial charge in [0, 0.05) is 16.8 Å². The van der Waals surface area contributed by atoms with Gasteiger partial charge in [0.25, 0.3) is 0 Å². The quantitative estimate of drug-likeness (QED) is 0.794.